The first-order valence-corrected chi connectivity index (χ1v) is 11.5. The topological polar surface area (TPSA) is 68.3 Å². The minimum absolute atomic E-state index is 0.0154. The van der Waals surface area contributed by atoms with Crippen molar-refractivity contribution in [1.29, 1.82) is 0 Å². The van der Waals surface area contributed by atoms with E-state index in [4.69, 9.17) is 14.2 Å². The van der Waals surface area contributed by atoms with Gasteiger partial charge in [0.1, 0.15) is 5.82 Å². The maximum absolute atomic E-state index is 13.2. The Bertz CT molecular complexity index is 982. The van der Waals surface area contributed by atoms with Crippen molar-refractivity contribution in [1.82, 2.24) is 9.80 Å². The molecule has 1 saturated heterocycles. The van der Waals surface area contributed by atoms with Crippen LogP contribution in [-0.2, 0) is 27.3 Å². The molecule has 1 aliphatic heterocycles. The molecule has 184 valence electrons. The third-order valence-corrected chi connectivity index (χ3v) is 5.97. The van der Waals surface area contributed by atoms with Crippen LogP contribution >= 0.6 is 0 Å². The molecule has 0 N–H and O–H groups in total. The third kappa shape index (κ3) is 6.70. The Balaban J connectivity index is 1.56. The Morgan fingerprint density at radius 1 is 1.00 bits per heavy atom. The second-order valence-electron chi connectivity index (χ2n) is 8.56. The van der Waals surface area contributed by atoms with Gasteiger partial charge in [-0.25, -0.2) is 4.39 Å². The molecule has 0 radical (unpaired) electrons. The predicted molar refractivity (Wildman–Crippen MR) is 126 cm³/mol. The van der Waals surface area contributed by atoms with Crippen LogP contribution in [0.3, 0.4) is 0 Å². The van der Waals surface area contributed by atoms with Crippen molar-refractivity contribution in [3.05, 3.63) is 59.4 Å². The molecule has 2 aromatic rings. The summed E-state index contributed by atoms with van der Waals surface area (Å²) in [6, 6.07) is 11.9. The van der Waals surface area contributed by atoms with Crippen LogP contribution in [0.1, 0.15) is 31.9 Å². The van der Waals surface area contributed by atoms with Gasteiger partial charge in [-0.15, -0.1) is 0 Å². The van der Waals surface area contributed by atoms with Gasteiger partial charge in [-0.05, 0) is 56.2 Å². The van der Waals surface area contributed by atoms with Gasteiger partial charge in [0, 0.05) is 31.7 Å². The summed E-state index contributed by atoms with van der Waals surface area (Å²) in [6.07, 6.45) is 0.140. The molecule has 0 unspecified atom stereocenters. The number of amides is 1. The highest BCUT2D eigenvalue weighted by Crippen LogP contribution is 2.29. The van der Waals surface area contributed by atoms with E-state index in [1.807, 2.05) is 11.8 Å². The van der Waals surface area contributed by atoms with E-state index in [9.17, 15) is 14.0 Å². The number of nitrogens with zero attached hydrogens (tertiary/aromatic N) is 2. The molecule has 2 aromatic carbocycles. The quantitative estimate of drug-likeness (QED) is 0.521. The second-order valence-corrected chi connectivity index (χ2v) is 8.56. The Hall–Kier alpha value is -3.13. The fourth-order valence-corrected chi connectivity index (χ4v) is 4.13. The van der Waals surface area contributed by atoms with Crippen LogP contribution in [0.5, 0.6) is 11.5 Å². The first-order valence-electron chi connectivity index (χ1n) is 11.5. The molecule has 3 rings (SSSR count). The van der Waals surface area contributed by atoms with Gasteiger partial charge < -0.3 is 19.1 Å². The number of carbonyl (C=O) groups excluding carboxylic acids is 2. The van der Waals surface area contributed by atoms with Crippen LogP contribution in [0.4, 0.5) is 4.39 Å². The highest BCUT2D eigenvalue weighted by Gasteiger charge is 2.32. The third-order valence-electron chi connectivity index (χ3n) is 5.97. The van der Waals surface area contributed by atoms with Gasteiger partial charge in [0.25, 0.3) is 5.91 Å². The Kier molecular flexibility index (Phi) is 8.87. The van der Waals surface area contributed by atoms with Crippen molar-refractivity contribution >= 4 is 11.9 Å². The van der Waals surface area contributed by atoms with Crippen LogP contribution in [0, 0.1) is 5.82 Å². The zero-order valence-corrected chi connectivity index (χ0v) is 20.3. The molecule has 0 saturated carbocycles. The van der Waals surface area contributed by atoms with Gasteiger partial charge in [0.2, 0.25) is 0 Å². The lowest BCUT2D eigenvalue weighted by Crippen LogP contribution is -2.58. The minimum atomic E-state index is -0.310. The number of rotatable bonds is 9. The number of ether oxygens (including phenoxy) is 3. The van der Waals surface area contributed by atoms with E-state index < -0.39 is 0 Å². The summed E-state index contributed by atoms with van der Waals surface area (Å²) in [5, 5.41) is 0. The van der Waals surface area contributed by atoms with Gasteiger partial charge in [-0.2, -0.15) is 0 Å². The highest BCUT2D eigenvalue weighted by atomic mass is 19.1. The number of benzene rings is 2. The molecule has 2 atom stereocenters. The lowest BCUT2D eigenvalue weighted by atomic mass is 10.1. The SMILES string of the molecule is CCOC(=O)Cc1ccc(OCC(=O)N2C[C@H](C)N(Cc3ccc(F)cc3)C[C@H]2C)c(OC)c1. The Labute approximate surface area is 200 Å². The number of methoxy groups -OCH3 is 1. The molecule has 0 bridgehead atoms. The largest absolute Gasteiger partial charge is 0.493 e. The van der Waals surface area contributed by atoms with Crippen LogP contribution in [0.25, 0.3) is 0 Å². The zero-order valence-electron chi connectivity index (χ0n) is 20.3. The first-order chi connectivity index (χ1) is 16.3. The Morgan fingerprint density at radius 2 is 1.71 bits per heavy atom. The molecular weight excluding hydrogens is 439 g/mol. The van der Waals surface area contributed by atoms with Gasteiger partial charge >= 0.3 is 5.97 Å². The standard InChI is InChI=1S/C26H33FN2O5/c1-5-33-26(31)13-21-8-11-23(24(12-21)32-4)34-17-25(30)29-15-18(2)28(14-19(29)3)16-20-6-9-22(27)10-7-20/h6-12,18-19H,5,13-17H2,1-4H3/t18-,19+/m0/s1. The van der Waals surface area contributed by atoms with Crippen LogP contribution < -0.4 is 9.47 Å². The van der Waals surface area contributed by atoms with Gasteiger partial charge in [0.15, 0.2) is 18.1 Å². The molecule has 0 aliphatic carbocycles. The lowest BCUT2D eigenvalue weighted by molar-refractivity contribution is -0.142. The number of hydrogen-bond donors (Lipinski definition) is 0. The molecule has 1 amide bonds. The molecule has 7 nitrogen and oxygen atoms in total. The number of carbonyl (C=O) groups is 2. The fraction of sp³-hybridized carbons (Fsp3) is 0.462. The minimum Gasteiger partial charge on any atom is -0.493 e. The maximum Gasteiger partial charge on any atom is 0.310 e. The van der Waals surface area contributed by atoms with E-state index in [2.05, 4.69) is 11.8 Å². The van der Waals surface area contributed by atoms with E-state index in [1.54, 1.807) is 37.3 Å². The molecule has 1 heterocycles. The average Bonchev–Trinajstić information content (AvgIpc) is 2.81. The van der Waals surface area contributed by atoms with E-state index in [1.165, 1.54) is 19.2 Å². The second kappa shape index (κ2) is 11.8. The number of hydrogen-bond acceptors (Lipinski definition) is 6. The Morgan fingerprint density at radius 3 is 2.38 bits per heavy atom. The fourth-order valence-electron chi connectivity index (χ4n) is 4.13. The van der Waals surface area contributed by atoms with Gasteiger partial charge in [0.05, 0.1) is 20.1 Å². The predicted octanol–water partition coefficient (Wildman–Crippen LogP) is 3.44. The summed E-state index contributed by atoms with van der Waals surface area (Å²) in [5.74, 6) is 0.249. The number of halogens is 1. The highest BCUT2D eigenvalue weighted by molar-refractivity contribution is 5.78. The summed E-state index contributed by atoms with van der Waals surface area (Å²) in [4.78, 5) is 28.8. The van der Waals surface area contributed by atoms with E-state index in [-0.39, 0.29) is 42.8 Å². The van der Waals surface area contributed by atoms with Crippen molar-refractivity contribution in [3.63, 3.8) is 0 Å². The molecule has 34 heavy (non-hydrogen) atoms. The van der Waals surface area contributed by atoms with Crippen molar-refractivity contribution in [3.8, 4) is 11.5 Å². The van der Waals surface area contributed by atoms with Crippen molar-refractivity contribution in [2.45, 2.75) is 45.8 Å². The molecule has 0 spiro atoms. The number of esters is 1. The first kappa shape index (κ1) is 25.5. The van der Waals surface area contributed by atoms with Crippen LogP contribution in [0.2, 0.25) is 0 Å². The lowest BCUT2D eigenvalue weighted by Gasteiger charge is -2.44. The van der Waals surface area contributed by atoms with E-state index in [0.717, 1.165) is 17.7 Å². The summed E-state index contributed by atoms with van der Waals surface area (Å²) in [7, 11) is 1.52. The van der Waals surface area contributed by atoms with Crippen molar-refractivity contribution < 1.29 is 28.2 Å². The molecule has 1 fully saturated rings. The van der Waals surface area contributed by atoms with Crippen molar-refractivity contribution in [2.24, 2.45) is 0 Å². The molecule has 1 aliphatic rings. The monoisotopic (exact) mass is 472 g/mol. The average molecular weight is 473 g/mol. The molecule has 0 aromatic heterocycles. The van der Waals surface area contributed by atoms with Crippen LogP contribution in [0.15, 0.2) is 42.5 Å². The zero-order chi connectivity index (χ0) is 24.7. The van der Waals surface area contributed by atoms with E-state index >= 15 is 0 Å². The van der Waals surface area contributed by atoms with Gasteiger partial charge in [-0.3, -0.25) is 14.5 Å². The normalized spacial score (nSPS) is 18.4. The van der Waals surface area contributed by atoms with Gasteiger partial charge in [-0.1, -0.05) is 18.2 Å². The smallest absolute Gasteiger partial charge is 0.310 e. The summed E-state index contributed by atoms with van der Waals surface area (Å²) in [5.41, 5.74) is 1.79. The van der Waals surface area contributed by atoms with Crippen molar-refractivity contribution in [2.75, 3.05) is 33.4 Å². The molecular formula is C26H33FN2O5. The maximum atomic E-state index is 13.2. The summed E-state index contributed by atoms with van der Waals surface area (Å²) >= 11 is 0. The summed E-state index contributed by atoms with van der Waals surface area (Å²) in [6.45, 7) is 8.10. The van der Waals surface area contributed by atoms with E-state index in [0.29, 0.717) is 31.2 Å². The number of piperazine rings is 1. The summed E-state index contributed by atoms with van der Waals surface area (Å²) < 4.78 is 29.3. The molecule has 8 heteroatoms. The van der Waals surface area contributed by atoms with Crippen LogP contribution in [-0.4, -0.2) is 67.2 Å².